The molecule has 1 unspecified atom stereocenters. The van der Waals surface area contributed by atoms with E-state index in [1.165, 1.54) is 5.56 Å². The first-order valence-corrected chi connectivity index (χ1v) is 6.96. The Morgan fingerprint density at radius 1 is 1.42 bits per heavy atom. The van der Waals surface area contributed by atoms with Gasteiger partial charge in [-0.1, -0.05) is 6.92 Å². The maximum Gasteiger partial charge on any atom is 0.227 e. The van der Waals surface area contributed by atoms with E-state index in [4.69, 9.17) is 5.73 Å². The monoisotopic (exact) mass is 261 g/mol. The van der Waals surface area contributed by atoms with Crippen molar-refractivity contribution >= 4 is 17.3 Å². The number of fused-ring (bicyclic) bond motifs is 1. The van der Waals surface area contributed by atoms with Crippen molar-refractivity contribution in [1.29, 1.82) is 0 Å². The van der Waals surface area contributed by atoms with Gasteiger partial charge in [-0.15, -0.1) is 0 Å². The molecule has 0 saturated heterocycles. The second-order valence-corrected chi connectivity index (χ2v) is 5.27. The van der Waals surface area contributed by atoms with Gasteiger partial charge in [-0.05, 0) is 49.1 Å². The zero-order chi connectivity index (χ0) is 13.8. The number of benzene rings is 1. The van der Waals surface area contributed by atoms with Crippen molar-refractivity contribution in [3.05, 3.63) is 23.8 Å². The van der Waals surface area contributed by atoms with Crippen LogP contribution < -0.4 is 16.0 Å². The van der Waals surface area contributed by atoms with Crippen molar-refractivity contribution in [1.82, 2.24) is 0 Å². The Balaban J connectivity index is 2.18. The number of amides is 1. The molecule has 1 aliphatic rings. The number of hydrogen-bond acceptors (Lipinski definition) is 3. The third-order valence-corrected chi connectivity index (χ3v) is 3.82. The molecular weight excluding hydrogens is 238 g/mol. The van der Waals surface area contributed by atoms with E-state index in [1.807, 2.05) is 24.1 Å². The lowest BCUT2D eigenvalue weighted by atomic mass is 9.99. The molecule has 0 aliphatic carbocycles. The Bertz CT molecular complexity index is 459. The molecule has 1 aromatic carbocycles. The lowest BCUT2D eigenvalue weighted by Gasteiger charge is -2.30. The Labute approximate surface area is 115 Å². The summed E-state index contributed by atoms with van der Waals surface area (Å²) in [5, 5.41) is 3.14. The molecular formula is C15H23N3O. The lowest BCUT2D eigenvalue weighted by Crippen LogP contribution is -2.37. The van der Waals surface area contributed by atoms with Crippen LogP contribution in [0.25, 0.3) is 0 Å². The van der Waals surface area contributed by atoms with E-state index >= 15 is 0 Å². The van der Waals surface area contributed by atoms with Gasteiger partial charge < -0.3 is 16.0 Å². The predicted octanol–water partition coefficient (Wildman–Crippen LogP) is 1.99. The van der Waals surface area contributed by atoms with E-state index in [1.54, 1.807) is 0 Å². The van der Waals surface area contributed by atoms with E-state index in [9.17, 15) is 4.79 Å². The minimum atomic E-state index is 0.230. The van der Waals surface area contributed by atoms with Gasteiger partial charge in [0.05, 0.1) is 0 Å². The maximum absolute atomic E-state index is 12.1. The van der Waals surface area contributed by atoms with E-state index in [0.717, 1.165) is 30.8 Å². The summed E-state index contributed by atoms with van der Waals surface area (Å²) < 4.78 is 0. The highest BCUT2D eigenvalue weighted by molar-refractivity contribution is 5.96. The molecule has 0 aromatic heterocycles. The minimum Gasteiger partial charge on any atom is -0.388 e. The first-order chi connectivity index (χ1) is 9.15. The molecule has 0 radical (unpaired) electrons. The Morgan fingerprint density at radius 3 is 2.89 bits per heavy atom. The van der Waals surface area contributed by atoms with Gasteiger partial charge in [-0.2, -0.15) is 0 Å². The number of nitrogens with zero attached hydrogens (tertiary/aromatic N) is 1. The third-order valence-electron chi connectivity index (χ3n) is 3.82. The van der Waals surface area contributed by atoms with Crippen LogP contribution in [0.2, 0.25) is 0 Å². The highest BCUT2D eigenvalue weighted by atomic mass is 16.2. The van der Waals surface area contributed by atoms with Crippen LogP contribution in [-0.4, -0.2) is 26.0 Å². The molecule has 1 amide bonds. The van der Waals surface area contributed by atoms with Crippen molar-refractivity contribution in [2.24, 2.45) is 11.7 Å². The number of carbonyl (C=O) groups excluding carboxylic acids is 1. The first kappa shape index (κ1) is 13.9. The molecule has 0 saturated carbocycles. The quantitative estimate of drug-likeness (QED) is 0.852. The Kier molecular flexibility index (Phi) is 4.43. The average Bonchev–Trinajstić information content (AvgIpc) is 2.45. The van der Waals surface area contributed by atoms with Crippen molar-refractivity contribution < 1.29 is 4.79 Å². The van der Waals surface area contributed by atoms with Gasteiger partial charge in [0, 0.05) is 31.4 Å². The molecule has 4 heteroatoms. The number of nitrogens with one attached hydrogen (secondary N) is 1. The standard InChI is InChI=1S/C15H23N3O/c1-11(10-16)7-8-18-14-5-4-13(17-2)9-12(14)3-6-15(18)19/h4-5,9,11,17H,3,6-8,10,16H2,1-2H3. The van der Waals surface area contributed by atoms with Crippen molar-refractivity contribution in [2.75, 3.05) is 30.4 Å². The van der Waals surface area contributed by atoms with Crippen LogP contribution in [0.4, 0.5) is 11.4 Å². The van der Waals surface area contributed by atoms with Crippen LogP contribution in [-0.2, 0) is 11.2 Å². The second kappa shape index (κ2) is 6.06. The molecule has 3 N–H and O–H groups in total. The number of anilines is 2. The highest BCUT2D eigenvalue weighted by Gasteiger charge is 2.24. The van der Waals surface area contributed by atoms with Gasteiger partial charge in [0.1, 0.15) is 0 Å². The molecule has 1 atom stereocenters. The van der Waals surface area contributed by atoms with Crippen molar-refractivity contribution in [3.63, 3.8) is 0 Å². The summed E-state index contributed by atoms with van der Waals surface area (Å²) in [4.78, 5) is 14.0. The number of rotatable bonds is 5. The zero-order valence-corrected chi connectivity index (χ0v) is 11.8. The summed E-state index contributed by atoms with van der Waals surface area (Å²) in [5.41, 5.74) is 9.07. The molecule has 0 fully saturated rings. The van der Waals surface area contributed by atoms with Crippen LogP contribution in [0.15, 0.2) is 18.2 Å². The van der Waals surface area contributed by atoms with Crippen LogP contribution >= 0.6 is 0 Å². The van der Waals surface area contributed by atoms with Crippen molar-refractivity contribution in [2.45, 2.75) is 26.2 Å². The summed E-state index contributed by atoms with van der Waals surface area (Å²) in [6.45, 7) is 3.57. The number of hydrogen-bond donors (Lipinski definition) is 2. The van der Waals surface area contributed by atoms with Crippen LogP contribution in [0, 0.1) is 5.92 Å². The van der Waals surface area contributed by atoms with Crippen LogP contribution in [0.5, 0.6) is 0 Å². The van der Waals surface area contributed by atoms with Gasteiger partial charge in [-0.3, -0.25) is 4.79 Å². The topological polar surface area (TPSA) is 58.4 Å². The molecule has 1 aliphatic heterocycles. The molecule has 1 aromatic rings. The van der Waals surface area contributed by atoms with E-state index in [2.05, 4.69) is 18.3 Å². The Morgan fingerprint density at radius 2 is 2.21 bits per heavy atom. The van der Waals surface area contributed by atoms with Gasteiger partial charge >= 0.3 is 0 Å². The SMILES string of the molecule is CNc1ccc2c(c1)CCC(=O)N2CCC(C)CN. The molecule has 0 bridgehead atoms. The fourth-order valence-electron chi connectivity index (χ4n) is 2.43. The summed E-state index contributed by atoms with van der Waals surface area (Å²) >= 11 is 0. The summed E-state index contributed by atoms with van der Waals surface area (Å²) in [7, 11) is 1.91. The van der Waals surface area contributed by atoms with Gasteiger partial charge in [0.25, 0.3) is 0 Å². The second-order valence-electron chi connectivity index (χ2n) is 5.27. The normalized spacial score (nSPS) is 16.2. The van der Waals surface area contributed by atoms with Gasteiger partial charge in [0.15, 0.2) is 0 Å². The number of nitrogens with two attached hydrogens (primary N) is 1. The first-order valence-electron chi connectivity index (χ1n) is 6.96. The zero-order valence-electron chi connectivity index (χ0n) is 11.8. The summed E-state index contributed by atoms with van der Waals surface area (Å²) in [6, 6.07) is 6.21. The molecule has 19 heavy (non-hydrogen) atoms. The minimum absolute atomic E-state index is 0.230. The fourth-order valence-corrected chi connectivity index (χ4v) is 2.43. The molecule has 1 heterocycles. The average molecular weight is 261 g/mol. The fraction of sp³-hybridized carbons (Fsp3) is 0.533. The smallest absolute Gasteiger partial charge is 0.227 e. The lowest BCUT2D eigenvalue weighted by molar-refractivity contribution is -0.118. The summed E-state index contributed by atoms with van der Waals surface area (Å²) in [6.07, 6.45) is 2.40. The van der Waals surface area contributed by atoms with E-state index < -0.39 is 0 Å². The molecule has 4 nitrogen and oxygen atoms in total. The Hall–Kier alpha value is -1.55. The summed E-state index contributed by atoms with van der Waals surface area (Å²) in [5.74, 6) is 0.684. The van der Waals surface area contributed by atoms with Gasteiger partial charge in [0.2, 0.25) is 5.91 Å². The van der Waals surface area contributed by atoms with Crippen molar-refractivity contribution in [3.8, 4) is 0 Å². The largest absolute Gasteiger partial charge is 0.388 e. The molecule has 2 rings (SSSR count). The number of carbonyl (C=O) groups is 1. The van der Waals surface area contributed by atoms with Gasteiger partial charge in [-0.25, -0.2) is 0 Å². The van der Waals surface area contributed by atoms with Crippen LogP contribution in [0.3, 0.4) is 0 Å². The van der Waals surface area contributed by atoms with E-state index in [-0.39, 0.29) is 5.91 Å². The third kappa shape index (κ3) is 3.07. The molecule has 0 spiro atoms. The predicted molar refractivity (Wildman–Crippen MR) is 79.5 cm³/mol. The maximum atomic E-state index is 12.1. The highest BCUT2D eigenvalue weighted by Crippen LogP contribution is 2.30. The molecule has 104 valence electrons. The van der Waals surface area contributed by atoms with Crippen LogP contribution in [0.1, 0.15) is 25.3 Å². The van der Waals surface area contributed by atoms with E-state index in [0.29, 0.717) is 18.9 Å². The number of aryl methyl sites for hydroxylation is 1.